The summed E-state index contributed by atoms with van der Waals surface area (Å²) in [6.45, 7) is 0. The van der Waals surface area contributed by atoms with Crippen LogP contribution in [0.5, 0.6) is 11.5 Å². The van der Waals surface area contributed by atoms with Gasteiger partial charge >= 0.3 is 11.9 Å². The van der Waals surface area contributed by atoms with Crippen molar-refractivity contribution >= 4 is 23.3 Å². The molecule has 2 aromatic rings. The average molecular weight is 271 g/mol. The number of rotatable bonds is 2. The lowest BCUT2D eigenvalue weighted by Gasteiger charge is -2.22. The highest BCUT2D eigenvalue weighted by molar-refractivity contribution is 5.93. The Balaban J connectivity index is 2.03. The summed E-state index contributed by atoms with van der Waals surface area (Å²) in [6.07, 6.45) is 0. The lowest BCUT2D eigenvalue weighted by molar-refractivity contribution is 0.0686. The highest BCUT2D eigenvalue weighted by Crippen LogP contribution is 2.42. The van der Waals surface area contributed by atoms with E-state index >= 15 is 0 Å². The van der Waals surface area contributed by atoms with Crippen molar-refractivity contribution in [3.8, 4) is 11.5 Å². The first-order valence-corrected chi connectivity index (χ1v) is 5.74. The van der Waals surface area contributed by atoms with Crippen LogP contribution in [0.4, 0.5) is 11.4 Å². The van der Waals surface area contributed by atoms with Gasteiger partial charge in [0.15, 0.2) is 11.5 Å². The SMILES string of the molecule is O=C(O)c1ccc2c(c1)Nc1cc(C(=O)O)ccc1O2. The molecule has 0 aliphatic carbocycles. The third-order valence-corrected chi connectivity index (χ3v) is 2.94. The van der Waals surface area contributed by atoms with Crippen molar-refractivity contribution in [3.05, 3.63) is 47.5 Å². The fraction of sp³-hybridized carbons (Fsp3) is 0. The van der Waals surface area contributed by atoms with Gasteiger partial charge in [-0.3, -0.25) is 0 Å². The molecular formula is C14H9NO5. The van der Waals surface area contributed by atoms with Gasteiger partial charge in [0.1, 0.15) is 0 Å². The highest BCUT2D eigenvalue weighted by Gasteiger charge is 2.19. The molecule has 3 N–H and O–H groups in total. The molecule has 0 amide bonds. The van der Waals surface area contributed by atoms with E-state index in [0.29, 0.717) is 22.9 Å². The Morgan fingerprint density at radius 3 is 1.70 bits per heavy atom. The van der Waals surface area contributed by atoms with Crippen LogP contribution in [0.25, 0.3) is 0 Å². The van der Waals surface area contributed by atoms with Crippen molar-refractivity contribution in [1.29, 1.82) is 0 Å². The van der Waals surface area contributed by atoms with Crippen LogP contribution in [0.15, 0.2) is 36.4 Å². The third-order valence-electron chi connectivity index (χ3n) is 2.94. The molecule has 0 aromatic heterocycles. The van der Waals surface area contributed by atoms with Gasteiger partial charge in [-0.1, -0.05) is 0 Å². The minimum atomic E-state index is -1.04. The fourth-order valence-corrected chi connectivity index (χ4v) is 1.96. The molecule has 6 nitrogen and oxygen atoms in total. The Morgan fingerprint density at radius 2 is 1.30 bits per heavy atom. The molecule has 0 saturated heterocycles. The summed E-state index contributed by atoms with van der Waals surface area (Å²) in [4.78, 5) is 21.9. The van der Waals surface area contributed by atoms with Crippen LogP contribution < -0.4 is 10.1 Å². The number of anilines is 2. The van der Waals surface area contributed by atoms with Crippen molar-refractivity contribution in [2.24, 2.45) is 0 Å². The lowest BCUT2D eigenvalue weighted by Crippen LogP contribution is -2.06. The number of ether oxygens (including phenoxy) is 1. The Kier molecular flexibility index (Phi) is 2.57. The highest BCUT2D eigenvalue weighted by atomic mass is 16.5. The van der Waals surface area contributed by atoms with Crippen LogP contribution in [-0.4, -0.2) is 22.2 Å². The summed E-state index contributed by atoms with van der Waals surface area (Å²) >= 11 is 0. The van der Waals surface area contributed by atoms with Gasteiger partial charge < -0.3 is 20.3 Å². The molecule has 20 heavy (non-hydrogen) atoms. The van der Waals surface area contributed by atoms with Gasteiger partial charge in [0.05, 0.1) is 22.5 Å². The van der Waals surface area contributed by atoms with Gasteiger partial charge in [-0.25, -0.2) is 9.59 Å². The predicted molar refractivity (Wildman–Crippen MR) is 70.2 cm³/mol. The number of carboxylic acid groups (broad SMARTS) is 2. The molecule has 6 heteroatoms. The number of fused-ring (bicyclic) bond motifs is 2. The number of hydrogen-bond donors (Lipinski definition) is 3. The maximum Gasteiger partial charge on any atom is 0.335 e. The van der Waals surface area contributed by atoms with Gasteiger partial charge in [-0.2, -0.15) is 0 Å². The summed E-state index contributed by atoms with van der Waals surface area (Å²) in [7, 11) is 0. The van der Waals surface area contributed by atoms with E-state index in [1.165, 1.54) is 24.3 Å². The summed E-state index contributed by atoms with van der Waals surface area (Å²) in [5.74, 6) is -1.10. The smallest absolute Gasteiger partial charge is 0.335 e. The van der Waals surface area contributed by atoms with E-state index < -0.39 is 11.9 Å². The Hall–Kier alpha value is -3.02. The van der Waals surface area contributed by atoms with E-state index in [4.69, 9.17) is 14.9 Å². The first kappa shape index (κ1) is 12.0. The molecule has 1 aliphatic rings. The molecule has 0 saturated carbocycles. The molecule has 100 valence electrons. The standard InChI is InChI=1S/C14H9NO5/c16-13(17)7-1-3-11-9(5-7)15-10-6-8(14(18)19)2-4-12(10)20-11/h1-6,15H,(H,16,17)(H,18,19). The number of aromatic carboxylic acids is 2. The van der Waals surface area contributed by atoms with Crippen LogP contribution in [0.3, 0.4) is 0 Å². The Labute approximate surface area is 113 Å². The largest absolute Gasteiger partial charge is 0.478 e. The average Bonchev–Trinajstić information content (AvgIpc) is 2.43. The Morgan fingerprint density at radius 1 is 0.850 bits per heavy atom. The van der Waals surface area contributed by atoms with Crippen molar-refractivity contribution < 1.29 is 24.5 Å². The molecule has 0 atom stereocenters. The third kappa shape index (κ3) is 1.93. The van der Waals surface area contributed by atoms with E-state index in [9.17, 15) is 9.59 Å². The van der Waals surface area contributed by atoms with E-state index in [2.05, 4.69) is 5.32 Å². The molecule has 3 rings (SSSR count). The number of benzene rings is 2. The number of nitrogens with one attached hydrogen (secondary N) is 1. The van der Waals surface area contributed by atoms with Crippen LogP contribution >= 0.6 is 0 Å². The van der Waals surface area contributed by atoms with Crippen LogP contribution in [0, 0.1) is 0 Å². The molecule has 0 unspecified atom stereocenters. The first-order chi connectivity index (χ1) is 9.54. The summed E-state index contributed by atoms with van der Waals surface area (Å²) in [5.41, 5.74) is 1.22. The number of carbonyl (C=O) groups is 2. The zero-order chi connectivity index (χ0) is 14.3. The summed E-state index contributed by atoms with van der Waals surface area (Å²) < 4.78 is 5.60. The van der Waals surface area contributed by atoms with Crippen molar-refractivity contribution in [2.45, 2.75) is 0 Å². The summed E-state index contributed by atoms with van der Waals surface area (Å²) in [6, 6.07) is 8.88. The molecular weight excluding hydrogens is 262 g/mol. The van der Waals surface area contributed by atoms with Crippen molar-refractivity contribution in [3.63, 3.8) is 0 Å². The van der Waals surface area contributed by atoms with Crippen molar-refractivity contribution in [2.75, 3.05) is 5.32 Å². The maximum absolute atomic E-state index is 10.9. The minimum Gasteiger partial charge on any atom is -0.478 e. The van der Waals surface area contributed by atoms with Crippen LogP contribution in [-0.2, 0) is 0 Å². The van der Waals surface area contributed by atoms with Gasteiger partial charge in [-0.05, 0) is 36.4 Å². The quantitative estimate of drug-likeness (QED) is 0.663. The van der Waals surface area contributed by atoms with Gasteiger partial charge in [0.2, 0.25) is 0 Å². The maximum atomic E-state index is 10.9. The van der Waals surface area contributed by atoms with Gasteiger partial charge in [0.25, 0.3) is 0 Å². The molecule has 1 heterocycles. The van der Waals surface area contributed by atoms with Gasteiger partial charge in [0, 0.05) is 0 Å². The number of carboxylic acids is 2. The monoisotopic (exact) mass is 271 g/mol. The summed E-state index contributed by atoms with van der Waals surface area (Å²) in [5, 5.41) is 20.9. The number of hydrogen-bond acceptors (Lipinski definition) is 4. The van der Waals surface area contributed by atoms with Crippen LogP contribution in [0.2, 0.25) is 0 Å². The van der Waals surface area contributed by atoms with E-state index in [0.717, 1.165) is 0 Å². The van der Waals surface area contributed by atoms with E-state index in [1.807, 2.05) is 0 Å². The minimum absolute atomic E-state index is 0.123. The first-order valence-electron chi connectivity index (χ1n) is 5.74. The van der Waals surface area contributed by atoms with E-state index in [1.54, 1.807) is 12.1 Å². The molecule has 2 aromatic carbocycles. The second kappa shape index (κ2) is 4.27. The molecule has 0 bridgehead atoms. The topological polar surface area (TPSA) is 95.9 Å². The van der Waals surface area contributed by atoms with Gasteiger partial charge in [-0.15, -0.1) is 0 Å². The predicted octanol–water partition coefficient (Wildman–Crippen LogP) is 2.93. The normalized spacial score (nSPS) is 11.6. The fourth-order valence-electron chi connectivity index (χ4n) is 1.96. The second-order valence-corrected chi connectivity index (χ2v) is 4.26. The zero-order valence-corrected chi connectivity index (χ0v) is 10.1. The molecule has 0 spiro atoms. The zero-order valence-electron chi connectivity index (χ0n) is 10.1. The Bertz CT molecular complexity index is 677. The van der Waals surface area contributed by atoms with E-state index in [-0.39, 0.29) is 11.1 Å². The molecule has 0 radical (unpaired) electrons. The lowest BCUT2D eigenvalue weighted by atomic mass is 10.1. The second-order valence-electron chi connectivity index (χ2n) is 4.26. The molecule has 1 aliphatic heterocycles. The van der Waals surface area contributed by atoms with Crippen LogP contribution in [0.1, 0.15) is 20.7 Å². The molecule has 0 fully saturated rings. The van der Waals surface area contributed by atoms with Crippen molar-refractivity contribution in [1.82, 2.24) is 0 Å².